The largest absolute Gasteiger partial charge is 0.514 e. The molecule has 1 aromatic heterocycles. The molecule has 0 N–H and O–H groups in total. The third-order valence-electron chi connectivity index (χ3n) is 4.24. The smallest absolute Gasteiger partial charge is 0.398 e. The van der Waals surface area contributed by atoms with Gasteiger partial charge in [0.1, 0.15) is 0 Å². The standard InChI is InChI=1S/C15H18BClN2O2/c1-14(2)15(3,4)21-16(20-14)13-9-10-18-19(13)12-7-5-11(17)6-8-12/h5-10H,1-4H3. The van der Waals surface area contributed by atoms with Gasteiger partial charge in [-0.3, -0.25) is 0 Å². The Balaban J connectivity index is 1.96. The summed E-state index contributed by atoms with van der Waals surface area (Å²) in [5.41, 5.74) is 1.06. The Morgan fingerprint density at radius 2 is 1.57 bits per heavy atom. The molecule has 4 nitrogen and oxygen atoms in total. The molecular weight excluding hydrogens is 286 g/mol. The van der Waals surface area contributed by atoms with Gasteiger partial charge in [0.15, 0.2) is 0 Å². The Morgan fingerprint density at radius 1 is 1.00 bits per heavy atom. The van der Waals surface area contributed by atoms with Gasteiger partial charge in [-0.15, -0.1) is 0 Å². The van der Waals surface area contributed by atoms with Crippen molar-refractivity contribution in [2.45, 2.75) is 38.9 Å². The van der Waals surface area contributed by atoms with E-state index in [1.165, 1.54) is 0 Å². The molecule has 1 aromatic carbocycles. The van der Waals surface area contributed by atoms with E-state index in [1.54, 1.807) is 6.20 Å². The molecule has 1 fully saturated rings. The summed E-state index contributed by atoms with van der Waals surface area (Å²) in [6, 6.07) is 9.43. The van der Waals surface area contributed by atoms with E-state index in [-0.39, 0.29) is 11.2 Å². The lowest BCUT2D eigenvalue weighted by Crippen LogP contribution is -2.41. The second-order valence-corrected chi connectivity index (χ2v) is 6.67. The summed E-state index contributed by atoms with van der Waals surface area (Å²) in [4.78, 5) is 0. The van der Waals surface area contributed by atoms with Crippen LogP contribution in [-0.2, 0) is 9.31 Å². The first-order valence-corrected chi connectivity index (χ1v) is 7.33. The van der Waals surface area contributed by atoms with Crippen LogP contribution in [0, 0.1) is 0 Å². The van der Waals surface area contributed by atoms with Crippen molar-refractivity contribution in [3.63, 3.8) is 0 Å². The zero-order valence-corrected chi connectivity index (χ0v) is 13.4. The van der Waals surface area contributed by atoms with Crippen LogP contribution in [0.25, 0.3) is 5.69 Å². The van der Waals surface area contributed by atoms with E-state index in [2.05, 4.69) is 5.10 Å². The molecule has 2 aromatic rings. The molecule has 0 spiro atoms. The maximum atomic E-state index is 6.09. The highest BCUT2D eigenvalue weighted by Crippen LogP contribution is 2.36. The van der Waals surface area contributed by atoms with Gasteiger partial charge in [0.25, 0.3) is 0 Å². The number of rotatable bonds is 2. The van der Waals surface area contributed by atoms with Gasteiger partial charge >= 0.3 is 7.12 Å². The van der Waals surface area contributed by atoms with Gasteiger partial charge in [0.05, 0.1) is 22.5 Å². The number of nitrogens with zero attached hydrogens (tertiary/aromatic N) is 2. The number of hydrogen-bond acceptors (Lipinski definition) is 3. The Morgan fingerprint density at radius 3 is 2.14 bits per heavy atom. The molecule has 2 heterocycles. The highest BCUT2D eigenvalue weighted by molar-refractivity contribution is 6.61. The molecule has 0 bridgehead atoms. The molecule has 1 saturated heterocycles. The van der Waals surface area contributed by atoms with Gasteiger partial charge in [-0.05, 0) is 58.0 Å². The second-order valence-electron chi connectivity index (χ2n) is 6.23. The highest BCUT2D eigenvalue weighted by Gasteiger charge is 2.52. The number of hydrogen-bond donors (Lipinski definition) is 0. The summed E-state index contributed by atoms with van der Waals surface area (Å²) in [7, 11) is -0.437. The van der Waals surface area contributed by atoms with Crippen molar-refractivity contribution in [1.29, 1.82) is 0 Å². The summed E-state index contributed by atoms with van der Waals surface area (Å²) in [5.74, 6) is 0. The predicted molar refractivity (Wildman–Crippen MR) is 84.3 cm³/mol. The van der Waals surface area contributed by atoms with Crippen LogP contribution in [0.3, 0.4) is 0 Å². The van der Waals surface area contributed by atoms with E-state index in [1.807, 2.05) is 62.7 Å². The van der Waals surface area contributed by atoms with Gasteiger partial charge in [0.2, 0.25) is 0 Å². The van der Waals surface area contributed by atoms with Crippen molar-refractivity contribution in [3.8, 4) is 5.69 Å². The van der Waals surface area contributed by atoms with E-state index in [9.17, 15) is 0 Å². The lowest BCUT2D eigenvalue weighted by molar-refractivity contribution is 0.00578. The van der Waals surface area contributed by atoms with Crippen LogP contribution in [0.5, 0.6) is 0 Å². The average Bonchev–Trinajstić information content (AvgIpc) is 2.94. The minimum Gasteiger partial charge on any atom is -0.398 e. The zero-order chi connectivity index (χ0) is 15.3. The molecule has 21 heavy (non-hydrogen) atoms. The quantitative estimate of drug-likeness (QED) is 0.801. The fourth-order valence-corrected chi connectivity index (χ4v) is 2.38. The summed E-state index contributed by atoms with van der Waals surface area (Å²) in [6.07, 6.45) is 1.75. The minimum atomic E-state index is -0.437. The summed E-state index contributed by atoms with van der Waals surface area (Å²) in [6.45, 7) is 8.15. The van der Waals surface area contributed by atoms with Crippen molar-refractivity contribution >= 4 is 24.3 Å². The molecule has 0 saturated carbocycles. The molecule has 0 amide bonds. The fraction of sp³-hybridized carbons (Fsp3) is 0.400. The first-order valence-electron chi connectivity index (χ1n) is 6.96. The minimum absolute atomic E-state index is 0.368. The molecule has 0 aliphatic carbocycles. The molecule has 1 aliphatic heterocycles. The Labute approximate surface area is 130 Å². The number of halogens is 1. The van der Waals surface area contributed by atoms with Crippen LogP contribution in [-0.4, -0.2) is 28.1 Å². The first-order chi connectivity index (χ1) is 9.80. The van der Waals surface area contributed by atoms with Crippen LogP contribution in [0.4, 0.5) is 0 Å². The Kier molecular flexibility index (Phi) is 3.39. The Bertz CT molecular complexity index is 636. The van der Waals surface area contributed by atoms with Crippen molar-refractivity contribution in [1.82, 2.24) is 9.78 Å². The SMILES string of the molecule is CC1(C)OB(c2ccnn2-c2ccc(Cl)cc2)OC1(C)C. The number of benzene rings is 1. The van der Waals surface area contributed by atoms with Gasteiger partial charge in [-0.2, -0.15) is 5.10 Å². The monoisotopic (exact) mass is 304 g/mol. The normalized spacial score (nSPS) is 20.0. The molecular formula is C15H18BClN2O2. The molecule has 3 rings (SSSR count). The van der Waals surface area contributed by atoms with Gasteiger partial charge in [-0.1, -0.05) is 11.6 Å². The van der Waals surface area contributed by atoms with E-state index >= 15 is 0 Å². The number of aromatic nitrogens is 2. The average molecular weight is 305 g/mol. The summed E-state index contributed by atoms with van der Waals surface area (Å²) < 4.78 is 14.0. The van der Waals surface area contributed by atoms with E-state index in [0.717, 1.165) is 11.3 Å². The van der Waals surface area contributed by atoms with Crippen LogP contribution < -0.4 is 5.59 Å². The molecule has 0 atom stereocenters. The lowest BCUT2D eigenvalue weighted by Gasteiger charge is -2.32. The van der Waals surface area contributed by atoms with Crippen molar-refractivity contribution in [2.24, 2.45) is 0 Å². The molecule has 0 unspecified atom stereocenters. The predicted octanol–water partition coefficient (Wildman–Crippen LogP) is 2.82. The van der Waals surface area contributed by atoms with Crippen LogP contribution in [0.1, 0.15) is 27.7 Å². The lowest BCUT2D eigenvalue weighted by atomic mass is 9.84. The van der Waals surface area contributed by atoms with Crippen LogP contribution in [0.15, 0.2) is 36.5 Å². The first kappa shape index (κ1) is 14.6. The van der Waals surface area contributed by atoms with Crippen LogP contribution >= 0.6 is 11.6 Å². The topological polar surface area (TPSA) is 36.3 Å². The highest BCUT2D eigenvalue weighted by atomic mass is 35.5. The molecule has 6 heteroatoms. The molecule has 110 valence electrons. The molecule has 0 radical (unpaired) electrons. The zero-order valence-electron chi connectivity index (χ0n) is 12.6. The fourth-order valence-electron chi connectivity index (χ4n) is 2.25. The summed E-state index contributed by atoms with van der Waals surface area (Å²) >= 11 is 5.94. The van der Waals surface area contributed by atoms with Crippen molar-refractivity contribution < 1.29 is 9.31 Å². The van der Waals surface area contributed by atoms with E-state index in [0.29, 0.717) is 5.02 Å². The van der Waals surface area contributed by atoms with Gasteiger partial charge in [-0.25, -0.2) is 4.68 Å². The van der Waals surface area contributed by atoms with E-state index in [4.69, 9.17) is 20.9 Å². The molecule has 1 aliphatic rings. The van der Waals surface area contributed by atoms with Gasteiger partial charge < -0.3 is 9.31 Å². The third-order valence-corrected chi connectivity index (χ3v) is 4.49. The summed E-state index contributed by atoms with van der Waals surface area (Å²) in [5, 5.41) is 5.07. The second kappa shape index (κ2) is 4.87. The maximum absolute atomic E-state index is 6.09. The third kappa shape index (κ3) is 2.50. The van der Waals surface area contributed by atoms with Crippen molar-refractivity contribution in [2.75, 3.05) is 0 Å². The Hall–Kier alpha value is -1.30. The van der Waals surface area contributed by atoms with Gasteiger partial charge in [0, 0.05) is 11.2 Å². The van der Waals surface area contributed by atoms with Crippen molar-refractivity contribution in [3.05, 3.63) is 41.6 Å². The van der Waals surface area contributed by atoms with E-state index < -0.39 is 7.12 Å². The van der Waals surface area contributed by atoms with Crippen LogP contribution in [0.2, 0.25) is 5.02 Å². The maximum Gasteiger partial charge on any atom is 0.514 e.